The van der Waals surface area contributed by atoms with Gasteiger partial charge < -0.3 is 9.94 Å². The number of methoxy groups -OCH3 is 1. The molecule has 3 heteroatoms. The lowest BCUT2D eigenvalue weighted by Gasteiger charge is -2.55. The Labute approximate surface area is 145 Å². The number of benzene rings is 1. The van der Waals surface area contributed by atoms with Gasteiger partial charge in [0, 0.05) is 11.5 Å². The Morgan fingerprint density at radius 1 is 1.33 bits per heavy atom. The number of aryl methyl sites for hydroxylation is 1. The summed E-state index contributed by atoms with van der Waals surface area (Å²) >= 11 is 0. The highest BCUT2D eigenvalue weighted by atomic mass is 16.5. The van der Waals surface area contributed by atoms with Crippen molar-refractivity contribution in [1.82, 2.24) is 0 Å². The Balaban J connectivity index is 1.73. The van der Waals surface area contributed by atoms with Gasteiger partial charge in [0.2, 0.25) is 0 Å². The van der Waals surface area contributed by atoms with Gasteiger partial charge in [-0.1, -0.05) is 12.1 Å². The van der Waals surface area contributed by atoms with E-state index in [0.29, 0.717) is 11.8 Å². The molecule has 1 aromatic carbocycles. The van der Waals surface area contributed by atoms with Gasteiger partial charge in [0.05, 0.1) is 12.8 Å². The molecule has 0 spiro atoms. The summed E-state index contributed by atoms with van der Waals surface area (Å²) in [7, 11) is 1.73. The number of hydrogen-bond donors (Lipinski definition) is 1. The van der Waals surface area contributed by atoms with Crippen molar-refractivity contribution in [3.8, 4) is 5.75 Å². The maximum Gasteiger partial charge on any atom is 0.127 e. The smallest absolute Gasteiger partial charge is 0.127 e. The van der Waals surface area contributed by atoms with E-state index in [2.05, 4.69) is 30.3 Å². The highest BCUT2D eigenvalue weighted by Crippen LogP contribution is 2.60. The number of ether oxygens (including phenoxy) is 1. The molecule has 1 aromatic rings. The Bertz CT molecular complexity index is 653. The number of nitrogens with zero attached hydrogens (tertiary/aromatic N) is 1. The van der Waals surface area contributed by atoms with Crippen LogP contribution in [0.25, 0.3) is 0 Å². The molecule has 0 bridgehead atoms. The van der Waals surface area contributed by atoms with Crippen molar-refractivity contribution < 1.29 is 9.94 Å². The molecule has 0 unspecified atom stereocenters. The number of oxime groups is 1. The fraction of sp³-hybridized carbons (Fsp3) is 0.667. The van der Waals surface area contributed by atoms with Gasteiger partial charge in [-0.3, -0.25) is 0 Å². The van der Waals surface area contributed by atoms with Crippen molar-refractivity contribution in [2.75, 3.05) is 7.11 Å². The van der Waals surface area contributed by atoms with Gasteiger partial charge in [-0.15, -0.1) is 0 Å². The average Bonchev–Trinajstić information content (AvgIpc) is 2.66. The van der Waals surface area contributed by atoms with Crippen LogP contribution in [0.1, 0.15) is 68.9 Å². The van der Waals surface area contributed by atoms with Gasteiger partial charge in [0.15, 0.2) is 0 Å². The monoisotopic (exact) mass is 326 g/mol. The predicted octanol–water partition coefficient (Wildman–Crippen LogP) is 4.96. The van der Waals surface area contributed by atoms with E-state index >= 15 is 0 Å². The zero-order chi connectivity index (χ0) is 16.7. The molecule has 2 saturated carbocycles. The molecule has 0 heterocycles. The topological polar surface area (TPSA) is 41.8 Å². The van der Waals surface area contributed by atoms with Crippen molar-refractivity contribution in [1.29, 1.82) is 0 Å². The largest absolute Gasteiger partial charge is 0.496 e. The lowest BCUT2D eigenvalue weighted by Crippen LogP contribution is -2.50. The molecule has 0 aromatic heterocycles. The van der Waals surface area contributed by atoms with E-state index < -0.39 is 0 Å². The lowest BCUT2D eigenvalue weighted by atomic mass is 9.49. The molecule has 2 fully saturated rings. The van der Waals surface area contributed by atoms with Gasteiger partial charge in [-0.2, -0.15) is 0 Å². The third kappa shape index (κ3) is 2.20. The fourth-order valence-corrected chi connectivity index (χ4v) is 6.19. The molecule has 4 rings (SSSR count). The Kier molecular flexibility index (Phi) is 4.06. The van der Waals surface area contributed by atoms with Crippen LogP contribution < -0.4 is 4.74 Å². The zero-order valence-corrected chi connectivity index (χ0v) is 14.8. The number of hydrogen-bond acceptors (Lipinski definition) is 3. The highest BCUT2D eigenvalue weighted by Gasteiger charge is 2.53. The van der Waals surface area contributed by atoms with E-state index in [4.69, 9.17) is 4.74 Å². The molecule has 3 aliphatic rings. The normalized spacial score (nSPS) is 36.6. The molecule has 0 saturated heterocycles. The first-order chi connectivity index (χ1) is 11.7. The third-order valence-electron chi connectivity index (χ3n) is 7.31. The van der Waals surface area contributed by atoms with Crippen LogP contribution in [0.2, 0.25) is 0 Å². The van der Waals surface area contributed by atoms with E-state index in [1.54, 1.807) is 7.11 Å². The first-order valence-electron chi connectivity index (χ1n) is 9.53. The second-order valence-corrected chi connectivity index (χ2v) is 7.88. The Morgan fingerprint density at radius 2 is 2.21 bits per heavy atom. The molecule has 1 radical (unpaired) electrons. The van der Waals surface area contributed by atoms with E-state index in [1.165, 1.54) is 36.8 Å². The molecule has 1 N–H and O–H groups in total. The van der Waals surface area contributed by atoms with Gasteiger partial charge in [0.1, 0.15) is 5.75 Å². The van der Waals surface area contributed by atoms with Crippen molar-refractivity contribution in [2.24, 2.45) is 22.4 Å². The van der Waals surface area contributed by atoms with Crippen molar-refractivity contribution in [3.63, 3.8) is 0 Å². The number of rotatable bonds is 2. The summed E-state index contributed by atoms with van der Waals surface area (Å²) in [5, 5.41) is 13.4. The standard InChI is InChI=1S/C21H28NO2/c1-3-21-12-11-16-17(19(21)5-4-6-20(21)22-23)10-8-14-7-9-15(24-2)13-18(14)16/h7,13,16-17,19,23H,3-6,8,10-12H2,1-2H3/b22-20+/t16-,17+,19-,21-/m0/s1. The molecule has 129 valence electrons. The zero-order valence-electron chi connectivity index (χ0n) is 14.8. The molecule has 4 atom stereocenters. The van der Waals surface area contributed by atoms with Gasteiger partial charge in [-0.25, -0.2) is 0 Å². The quantitative estimate of drug-likeness (QED) is 0.616. The maximum absolute atomic E-state index is 9.62. The summed E-state index contributed by atoms with van der Waals surface area (Å²) in [5.74, 6) is 2.89. The summed E-state index contributed by atoms with van der Waals surface area (Å²) < 4.78 is 5.43. The minimum atomic E-state index is 0.149. The van der Waals surface area contributed by atoms with Crippen LogP contribution in [-0.2, 0) is 6.42 Å². The van der Waals surface area contributed by atoms with Crippen LogP contribution in [0, 0.1) is 23.3 Å². The van der Waals surface area contributed by atoms with Crippen LogP contribution in [0.3, 0.4) is 0 Å². The van der Waals surface area contributed by atoms with Crippen LogP contribution in [0.4, 0.5) is 0 Å². The van der Waals surface area contributed by atoms with E-state index in [-0.39, 0.29) is 5.41 Å². The van der Waals surface area contributed by atoms with Crippen LogP contribution in [0.15, 0.2) is 17.3 Å². The lowest BCUT2D eigenvalue weighted by molar-refractivity contribution is 0.0444. The fourth-order valence-electron chi connectivity index (χ4n) is 6.19. The summed E-state index contributed by atoms with van der Waals surface area (Å²) in [6.45, 7) is 2.29. The molecule has 0 aliphatic heterocycles. The minimum absolute atomic E-state index is 0.149. The van der Waals surface area contributed by atoms with Crippen LogP contribution in [-0.4, -0.2) is 18.0 Å². The molecule has 0 amide bonds. The van der Waals surface area contributed by atoms with E-state index in [1.807, 2.05) is 0 Å². The van der Waals surface area contributed by atoms with Crippen LogP contribution >= 0.6 is 0 Å². The summed E-state index contributed by atoms with van der Waals surface area (Å²) in [4.78, 5) is 0. The van der Waals surface area contributed by atoms with Gasteiger partial charge in [0.25, 0.3) is 0 Å². The molecule has 3 nitrogen and oxygen atoms in total. The van der Waals surface area contributed by atoms with Crippen molar-refractivity contribution in [2.45, 2.75) is 64.2 Å². The van der Waals surface area contributed by atoms with Gasteiger partial charge in [-0.05, 0) is 92.4 Å². The predicted molar refractivity (Wildman–Crippen MR) is 94.9 cm³/mol. The molecular formula is C21H28NO2. The average molecular weight is 326 g/mol. The summed E-state index contributed by atoms with van der Waals surface area (Å²) in [6, 6.07) is 7.64. The summed E-state index contributed by atoms with van der Waals surface area (Å²) in [5.41, 5.74) is 4.20. The van der Waals surface area contributed by atoms with Crippen LogP contribution in [0.5, 0.6) is 5.75 Å². The highest BCUT2D eigenvalue weighted by molar-refractivity contribution is 5.91. The Hall–Kier alpha value is -1.51. The molecule has 3 aliphatic carbocycles. The maximum atomic E-state index is 9.62. The first-order valence-corrected chi connectivity index (χ1v) is 9.53. The summed E-state index contributed by atoms with van der Waals surface area (Å²) in [6.07, 6.45) is 9.34. The third-order valence-corrected chi connectivity index (χ3v) is 7.31. The van der Waals surface area contributed by atoms with Gasteiger partial charge >= 0.3 is 0 Å². The van der Waals surface area contributed by atoms with E-state index in [9.17, 15) is 5.21 Å². The Morgan fingerprint density at radius 3 is 2.96 bits per heavy atom. The molecule has 24 heavy (non-hydrogen) atoms. The second kappa shape index (κ2) is 6.09. The molecular weight excluding hydrogens is 298 g/mol. The van der Waals surface area contributed by atoms with E-state index in [0.717, 1.165) is 43.1 Å². The van der Waals surface area contributed by atoms with Crippen molar-refractivity contribution >= 4 is 5.71 Å². The first kappa shape index (κ1) is 16.0. The SMILES string of the molecule is CC[C@]12CC[C@@H]3c4cc(OC)[c]cc4CC[C@H]3[C@@H]1CCC/C2=N\O. The number of fused-ring (bicyclic) bond motifs is 5. The second-order valence-electron chi connectivity index (χ2n) is 7.88. The van der Waals surface area contributed by atoms with Crippen molar-refractivity contribution in [3.05, 3.63) is 29.3 Å². The minimum Gasteiger partial charge on any atom is -0.496 e.